The third-order valence-corrected chi connectivity index (χ3v) is 6.31. The quantitative estimate of drug-likeness (QED) is 0.599. The SMILES string of the molecule is COc1ccccc1CN1C(=O)C(c2ccc(OC)c(OC)c2)=C(N2CCCC(C)C2)C1=O. The molecule has 2 aliphatic rings. The van der Waals surface area contributed by atoms with E-state index in [4.69, 9.17) is 14.2 Å². The Labute approximate surface area is 194 Å². The Kier molecular flexibility index (Phi) is 6.58. The molecule has 1 saturated heterocycles. The van der Waals surface area contributed by atoms with Crippen LogP contribution >= 0.6 is 0 Å². The smallest absolute Gasteiger partial charge is 0.278 e. The van der Waals surface area contributed by atoms with Gasteiger partial charge in [0.2, 0.25) is 0 Å². The molecule has 0 aromatic heterocycles. The van der Waals surface area contributed by atoms with Crippen molar-refractivity contribution in [2.45, 2.75) is 26.3 Å². The Morgan fingerprint density at radius 2 is 1.64 bits per heavy atom. The lowest BCUT2D eigenvalue weighted by atomic mass is 9.97. The molecule has 1 unspecified atom stereocenters. The second kappa shape index (κ2) is 9.57. The van der Waals surface area contributed by atoms with E-state index in [9.17, 15) is 9.59 Å². The lowest BCUT2D eigenvalue weighted by Gasteiger charge is -2.33. The molecule has 7 heteroatoms. The van der Waals surface area contributed by atoms with Gasteiger partial charge in [0.05, 0.1) is 33.4 Å². The fourth-order valence-electron chi connectivity index (χ4n) is 4.65. The van der Waals surface area contributed by atoms with Crippen LogP contribution in [0, 0.1) is 5.92 Å². The standard InChI is InChI=1S/C26H30N2O5/c1-17-8-7-13-27(15-17)24-23(18-11-12-21(32-3)22(14-18)33-4)25(29)28(26(24)30)16-19-9-5-6-10-20(19)31-2/h5-6,9-12,14,17H,7-8,13,15-16H2,1-4H3. The van der Waals surface area contributed by atoms with Crippen LogP contribution in [0.3, 0.4) is 0 Å². The number of piperidine rings is 1. The number of amides is 2. The molecule has 2 aliphatic heterocycles. The van der Waals surface area contributed by atoms with Crippen molar-refractivity contribution >= 4 is 17.4 Å². The summed E-state index contributed by atoms with van der Waals surface area (Å²) in [5, 5.41) is 0. The molecule has 0 radical (unpaired) electrons. The highest BCUT2D eigenvalue weighted by atomic mass is 16.5. The first-order chi connectivity index (χ1) is 16.0. The van der Waals surface area contributed by atoms with Crippen molar-refractivity contribution in [1.82, 2.24) is 9.80 Å². The van der Waals surface area contributed by atoms with Gasteiger partial charge in [0, 0.05) is 18.7 Å². The third-order valence-electron chi connectivity index (χ3n) is 6.31. The van der Waals surface area contributed by atoms with E-state index in [0.717, 1.165) is 31.5 Å². The van der Waals surface area contributed by atoms with Crippen LogP contribution in [0.5, 0.6) is 17.2 Å². The number of carbonyl (C=O) groups is 2. The lowest BCUT2D eigenvalue weighted by molar-refractivity contribution is -0.138. The highest BCUT2D eigenvalue weighted by Crippen LogP contribution is 2.38. The summed E-state index contributed by atoms with van der Waals surface area (Å²) in [5.74, 6) is 1.58. The molecular formula is C26H30N2O5. The topological polar surface area (TPSA) is 68.3 Å². The summed E-state index contributed by atoms with van der Waals surface area (Å²) in [6.07, 6.45) is 2.10. The number of ether oxygens (including phenoxy) is 3. The van der Waals surface area contributed by atoms with Crippen LogP contribution in [-0.4, -0.2) is 56.0 Å². The molecule has 4 rings (SSSR count). The van der Waals surface area contributed by atoms with Gasteiger partial charge in [-0.15, -0.1) is 0 Å². The van der Waals surface area contributed by atoms with Gasteiger partial charge >= 0.3 is 0 Å². The number of para-hydroxylation sites is 1. The Morgan fingerprint density at radius 1 is 0.909 bits per heavy atom. The van der Waals surface area contributed by atoms with Crippen LogP contribution in [0.15, 0.2) is 48.2 Å². The number of methoxy groups -OCH3 is 3. The Hall–Kier alpha value is -3.48. The highest BCUT2D eigenvalue weighted by Gasteiger charge is 2.42. The molecule has 2 heterocycles. The number of hydrogen-bond acceptors (Lipinski definition) is 6. The van der Waals surface area contributed by atoms with E-state index in [1.54, 1.807) is 33.5 Å². The first-order valence-electron chi connectivity index (χ1n) is 11.2. The molecule has 0 N–H and O–H groups in total. The Balaban J connectivity index is 1.78. The Bertz CT molecular complexity index is 1090. The van der Waals surface area contributed by atoms with Gasteiger partial charge < -0.3 is 19.1 Å². The van der Waals surface area contributed by atoms with Crippen LogP contribution in [0.2, 0.25) is 0 Å². The minimum Gasteiger partial charge on any atom is -0.496 e. The van der Waals surface area contributed by atoms with Crippen LogP contribution in [0.25, 0.3) is 5.57 Å². The van der Waals surface area contributed by atoms with Gasteiger partial charge in [-0.3, -0.25) is 14.5 Å². The summed E-state index contributed by atoms with van der Waals surface area (Å²) >= 11 is 0. The largest absolute Gasteiger partial charge is 0.496 e. The molecule has 33 heavy (non-hydrogen) atoms. The van der Waals surface area contributed by atoms with Crippen molar-refractivity contribution in [3.05, 3.63) is 59.3 Å². The molecular weight excluding hydrogens is 420 g/mol. The highest BCUT2D eigenvalue weighted by molar-refractivity contribution is 6.35. The van der Waals surface area contributed by atoms with E-state index >= 15 is 0 Å². The van der Waals surface area contributed by atoms with E-state index < -0.39 is 0 Å². The van der Waals surface area contributed by atoms with Gasteiger partial charge in [-0.2, -0.15) is 0 Å². The van der Waals surface area contributed by atoms with E-state index in [0.29, 0.717) is 40.0 Å². The van der Waals surface area contributed by atoms with Gasteiger partial charge in [0.1, 0.15) is 11.4 Å². The molecule has 7 nitrogen and oxygen atoms in total. The van der Waals surface area contributed by atoms with Crippen LogP contribution < -0.4 is 14.2 Å². The summed E-state index contributed by atoms with van der Waals surface area (Å²) in [7, 11) is 4.70. The van der Waals surface area contributed by atoms with Gasteiger partial charge in [-0.05, 0) is 42.5 Å². The first-order valence-corrected chi connectivity index (χ1v) is 11.2. The van der Waals surface area contributed by atoms with Crippen molar-refractivity contribution in [2.75, 3.05) is 34.4 Å². The lowest BCUT2D eigenvalue weighted by Crippen LogP contribution is -2.39. The van der Waals surface area contributed by atoms with Gasteiger partial charge in [-0.1, -0.05) is 31.2 Å². The average Bonchev–Trinajstić information content (AvgIpc) is 3.08. The molecule has 2 amide bonds. The molecule has 0 spiro atoms. The molecule has 174 valence electrons. The summed E-state index contributed by atoms with van der Waals surface area (Å²) < 4.78 is 16.3. The number of rotatable bonds is 7. The maximum atomic E-state index is 13.7. The minimum absolute atomic E-state index is 0.144. The number of imide groups is 1. The maximum absolute atomic E-state index is 13.7. The van der Waals surface area contributed by atoms with E-state index in [2.05, 4.69) is 11.8 Å². The predicted octanol–water partition coefficient (Wildman–Crippen LogP) is 3.72. The summed E-state index contributed by atoms with van der Waals surface area (Å²) in [5.41, 5.74) is 2.29. The molecule has 0 saturated carbocycles. The van der Waals surface area contributed by atoms with Crippen molar-refractivity contribution < 1.29 is 23.8 Å². The molecule has 0 aliphatic carbocycles. The molecule has 2 aromatic rings. The second-order valence-corrected chi connectivity index (χ2v) is 8.50. The zero-order valence-electron chi connectivity index (χ0n) is 19.6. The fraction of sp³-hybridized carbons (Fsp3) is 0.385. The number of carbonyl (C=O) groups excluding carboxylic acids is 2. The summed E-state index contributed by atoms with van der Waals surface area (Å²) in [4.78, 5) is 30.8. The van der Waals surface area contributed by atoms with Crippen LogP contribution in [0.1, 0.15) is 30.9 Å². The van der Waals surface area contributed by atoms with Crippen molar-refractivity contribution in [3.8, 4) is 17.2 Å². The monoisotopic (exact) mass is 450 g/mol. The first kappa shape index (κ1) is 22.7. The van der Waals surface area contributed by atoms with E-state index in [-0.39, 0.29) is 18.4 Å². The van der Waals surface area contributed by atoms with Crippen molar-refractivity contribution in [3.63, 3.8) is 0 Å². The zero-order valence-corrected chi connectivity index (χ0v) is 19.6. The summed E-state index contributed by atoms with van der Waals surface area (Å²) in [6, 6.07) is 12.8. The molecule has 0 bridgehead atoms. The zero-order chi connectivity index (χ0) is 23.5. The van der Waals surface area contributed by atoms with Gasteiger partial charge in [0.25, 0.3) is 11.8 Å². The normalized spacial score (nSPS) is 18.7. The predicted molar refractivity (Wildman–Crippen MR) is 125 cm³/mol. The number of hydrogen-bond donors (Lipinski definition) is 0. The third kappa shape index (κ3) is 4.27. The Morgan fingerprint density at radius 3 is 2.33 bits per heavy atom. The number of likely N-dealkylation sites (tertiary alicyclic amines) is 1. The van der Waals surface area contributed by atoms with Crippen LogP contribution in [0.4, 0.5) is 0 Å². The molecule has 1 fully saturated rings. The van der Waals surface area contributed by atoms with E-state index in [1.807, 2.05) is 30.3 Å². The van der Waals surface area contributed by atoms with Crippen molar-refractivity contribution in [1.29, 1.82) is 0 Å². The van der Waals surface area contributed by atoms with Crippen LogP contribution in [-0.2, 0) is 16.1 Å². The molecule has 1 atom stereocenters. The van der Waals surface area contributed by atoms with Crippen molar-refractivity contribution in [2.24, 2.45) is 5.92 Å². The van der Waals surface area contributed by atoms with E-state index in [1.165, 1.54) is 4.90 Å². The van der Waals surface area contributed by atoms with Gasteiger partial charge in [0.15, 0.2) is 11.5 Å². The fourth-order valence-corrected chi connectivity index (χ4v) is 4.65. The number of benzene rings is 2. The number of nitrogens with zero attached hydrogens (tertiary/aromatic N) is 2. The summed E-state index contributed by atoms with van der Waals surface area (Å²) in [6.45, 7) is 3.81. The second-order valence-electron chi connectivity index (χ2n) is 8.50. The molecule has 2 aromatic carbocycles. The minimum atomic E-state index is -0.314. The average molecular weight is 451 g/mol. The maximum Gasteiger partial charge on any atom is 0.278 e. The van der Waals surface area contributed by atoms with Gasteiger partial charge in [-0.25, -0.2) is 0 Å².